The van der Waals surface area contributed by atoms with Gasteiger partial charge >= 0.3 is 0 Å². The van der Waals surface area contributed by atoms with Crippen LogP contribution in [0.1, 0.15) is 25.7 Å². The molecule has 0 radical (unpaired) electrons. The summed E-state index contributed by atoms with van der Waals surface area (Å²) in [7, 11) is 0. The summed E-state index contributed by atoms with van der Waals surface area (Å²) >= 11 is 7.50. The number of alkyl halides is 2. The van der Waals surface area contributed by atoms with Gasteiger partial charge in [0.05, 0.1) is 0 Å². The van der Waals surface area contributed by atoms with Crippen LogP contribution in [-0.2, 0) is 0 Å². The van der Waals surface area contributed by atoms with E-state index in [0.717, 1.165) is 21.5 Å². The monoisotopic (exact) mass is 266 g/mol. The summed E-state index contributed by atoms with van der Waals surface area (Å²) in [6, 6.07) is 0. The summed E-state index contributed by atoms with van der Waals surface area (Å²) in [5.74, 6) is 1.97. The van der Waals surface area contributed by atoms with Crippen molar-refractivity contribution in [1.82, 2.24) is 0 Å². The van der Waals surface area contributed by atoms with E-state index in [1.807, 2.05) is 0 Å². The van der Waals surface area contributed by atoms with E-state index in [1.54, 1.807) is 0 Å². The molecule has 2 heteroatoms. The predicted octanol–water partition coefficient (Wildman–Crippen LogP) is 3.33. The second kappa shape index (κ2) is 2.78. The van der Waals surface area contributed by atoms with Gasteiger partial charge in [0.15, 0.2) is 0 Å². The first kappa shape index (κ1) is 7.60. The average molecular weight is 268 g/mol. The molecule has 0 saturated heterocycles. The van der Waals surface area contributed by atoms with Gasteiger partial charge in [0.1, 0.15) is 0 Å². The van der Waals surface area contributed by atoms with Crippen LogP contribution in [0.2, 0.25) is 0 Å². The lowest BCUT2D eigenvalue weighted by atomic mass is 9.89. The summed E-state index contributed by atoms with van der Waals surface area (Å²) in [6.07, 6.45) is 5.70. The van der Waals surface area contributed by atoms with Crippen LogP contribution in [0.3, 0.4) is 0 Å². The molecule has 2 fully saturated rings. The zero-order valence-corrected chi connectivity index (χ0v) is 9.07. The maximum absolute atomic E-state index is 3.75. The van der Waals surface area contributed by atoms with E-state index in [2.05, 4.69) is 31.9 Å². The standard InChI is InChI=1S/C8H12Br2/c9-7-2-1-5-3-6(7)4-8(5)10/h5-8H,1-4H2/t5-,6+,7+,8+/m0/s1. The van der Waals surface area contributed by atoms with Crippen LogP contribution in [0.5, 0.6) is 0 Å². The number of hydrogen-bond donors (Lipinski definition) is 0. The van der Waals surface area contributed by atoms with Crippen molar-refractivity contribution in [2.75, 3.05) is 0 Å². The molecule has 0 N–H and O–H groups in total. The van der Waals surface area contributed by atoms with Crippen molar-refractivity contribution in [3.05, 3.63) is 0 Å². The Hall–Kier alpha value is 0.960. The third-order valence-electron chi connectivity index (χ3n) is 2.97. The molecule has 0 aromatic heterocycles. The van der Waals surface area contributed by atoms with Crippen LogP contribution < -0.4 is 0 Å². The SMILES string of the molecule is Br[C@@H]1CC[C@H]2C[C@@H]1C[C@H]2Br. The smallest absolute Gasteiger partial charge is 0.0177 e. The molecule has 0 nitrogen and oxygen atoms in total. The number of halogens is 2. The second-order valence-corrected chi connectivity index (χ2v) is 5.95. The van der Waals surface area contributed by atoms with Crippen molar-refractivity contribution in [3.8, 4) is 0 Å². The molecule has 0 aromatic carbocycles. The molecule has 2 saturated carbocycles. The minimum Gasteiger partial charge on any atom is -0.0888 e. The van der Waals surface area contributed by atoms with E-state index in [4.69, 9.17) is 0 Å². The van der Waals surface area contributed by atoms with Gasteiger partial charge in [0.2, 0.25) is 0 Å². The number of hydrogen-bond acceptors (Lipinski definition) is 0. The average Bonchev–Trinajstić information content (AvgIpc) is 2.21. The minimum absolute atomic E-state index is 0.825. The summed E-state index contributed by atoms with van der Waals surface area (Å²) in [6.45, 7) is 0. The summed E-state index contributed by atoms with van der Waals surface area (Å²) in [4.78, 5) is 1.66. The molecule has 0 heterocycles. The highest BCUT2D eigenvalue weighted by Crippen LogP contribution is 2.47. The van der Waals surface area contributed by atoms with Gasteiger partial charge in [-0.2, -0.15) is 0 Å². The first-order chi connectivity index (χ1) is 4.77. The molecular formula is C8H12Br2. The molecule has 10 heavy (non-hydrogen) atoms. The fourth-order valence-corrected chi connectivity index (χ4v) is 3.97. The van der Waals surface area contributed by atoms with Crippen molar-refractivity contribution in [1.29, 1.82) is 0 Å². The van der Waals surface area contributed by atoms with Crippen LogP contribution in [0.15, 0.2) is 0 Å². The molecule has 4 atom stereocenters. The Bertz CT molecular complexity index is 133. The fourth-order valence-electron chi connectivity index (χ4n) is 2.32. The largest absolute Gasteiger partial charge is 0.0888 e. The zero-order valence-electron chi connectivity index (χ0n) is 5.89. The maximum atomic E-state index is 3.75. The lowest BCUT2D eigenvalue weighted by Crippen LogP contribution is -2.17. The van der Waals surface area contributed by atoms with E-state index >= 15 is 0 Å². The Morgan fingerprint density at radius 1 is 0.800 bits per heavy atom. The van der Waals surface area contributed by atoms with Gasteiger partial charge in [-0.15, -0.1) is 0 Å². The van der Waals surface area contributed by atoms with Gasteiger partial charge in [-0.05, 0) is 37.5 Å². The topological polar surface area (TPSA) is 0 Å². The van der Waals surface area contributed by atoms with E-state index in [1.165, 1.54) is 25.7 Å². The van der Waals surface area contributed by atoms with E-state index in [-0.39, 0.29) is 0 Å². The predicted molar refractivity (Wildman–Crippen MR) is 50.9 cm³/mol. The summed E-state index contributed by atoms with van der Waals surface area (Å²) in [5, 5.41) is 0. The van der Waals surface area contributed by atoms with Gasteiger partial charge in [-0.1, -0.05) is 31.9 Å². The number of fused-ring (bicyclic) bond motifs is 2. The molecule has 0 amide bonds. The fraction of sp³-hybridized carbons (Fsp3) is 1.00. The van der Waals surface area contributed by atoms with Crippen molar-refractivity contribution in [3.63, 3.8) is 0 Å². The third-order valence-corrected chi connectivity index (χ3v) is 5.30. The van der Waals surface area contributed by atoms with Gasteiger partial charge in [0, 0.05) is 9.65 Å². The molecule has 0 spiro atoms. The molecule has 2 aliphatic carbocycles. The maximum Gasteiger partial charge on any atom is 0.0177 e. The lowest BCUT2D eigenvalue weighted by molar-refractivity contribution is 0.376. The van der Waals surface area contributed by atoms with E-state index < -0.39 is 0 Å². The van der Waals surface area contributed by atoms with Crippen LogP contribution in [-0.4, -0.2) is 9.65 Å². The first-order valence-electron chi connectivity index (χ1n) is 4.05. The van der Waals surface area contributed by atoms with Crippen LogP contribution in [0.4, 0.5) is 0 Å². The van der Waals surface area contributed by atoms with E-state index in [9.17, 15) is 0 Å². The van der Waals surface area contributed by atoms with Crippen LogP contribution in [0.25, 0.3) is 0 Å². The van der Waals surface area contributed by atoms with E-state index in [0.29, 0.717) is 0 Å². The van der Waals surface area contributed by atoms with Gasteiger partial charge < -0.3 is 0 Å². The first-order valence-corrected chi connectivity index (χ1v) is 5.88. The normalized spacial score (nSPS) is 53.4. The Morgan fingerprint density at radius 2 is 1.60 bits per heavy atom. The minimum atomic E-state index is 0.825. The summed E-state index contributed by atoms with van der Waals surface area (Å²) < 4.78 is 0. The second-order valence-electron chi connectivity index (χ2n) is 3.60. The highest BCUT2D eigenvalue weighted by Gasteiger charge is 2.39. The van der Waals surface area contributed by atoms with Gasteiger partial charge in [0.25, 0.3) is 0 Å². The molecule has 2 aliphatic rings. The van der Waals surface area contributed by atoms with Gasteiger partial charge in [-0.25, -0.2) is 0 Å². The third kappa shape index (κ3) is 1.18. The highest BCUT2D eigenvalue weighted by molar-refractivity contribution is 9.09. The van der Waals surface area contributed by atoms with Crippen molar-refractivity contribution < 1.29 is 0 Å². The molecule has 0 aromatic rings. The Morgan fingerprint density at radius 3 is 2.30 bits per heavy atom. The Balaban J connectivity index is 2.08. The van der Waals surface area contributed by atoms with Crippen LogP contribution >= 0.6 is 31.9 Å². The Labute approximate surface area is 79.0 Å². The molecular weight excluding hydrogens is 256 g/mol. The molecule has 2 bridgehead atoms. The van der Waals surface area contributed by atoms with Crippen LogP contribution in [0, 0.1) is 11.8 Å². The molecule has 2 rings (SSSR count). The number of rotatable bonds is 0. The Kier molecular flexibility index (Phi) is 2.11. The zero-order chi connectivity index (χ0) is 7.14. The lowest BCUT2D eigenvalue weighted by Gasteiger charge is -2.23. The molecule has 0 aliphatic heterocycles. The quantitative estimate of drug-likeness (QED) is 0.591. The van der Waals surface area contributed by atoms with Crippen molar-refractivity contribution in [2.24, 2.45) is 11.8 Å². The highest BCUT2D eigenvalue weighted by atomic mass is 79.9. The molecule has 58 valence electrons. The summed E-state index contributed by atoms with van der Waals surface area (Å²) in [5.41, 5.74) is 0. The molecule has 0 unspecified atom stereocenters. The van der Waals surface area contributed by atoms with Crippen molar-refractivity contribution in [2.45, 2.75) is 35.3 Å². The van der Waals surface area contributed by atoms with Gasteiger partial charge in [-0.3, -0.25) is 0 Å². The van der Waals surface area contributed by atoms with Crippen molar-refractivity contribution >= 4 is 31.9 Å².